The van der Waals surface area contributed by atoms with Gasteiger partial charge in [0.15, 0.2) is 12.4 Å². The number of aromatic nitrogens is 2. The Morgan fingerprint density at radius 3 is 2.63 bits per heavy atom. The minimum atomic E-state index is -0.433. The highest BCUT2D eigenvalue weighted by Gasteiger charge is 2.16. The lowest BCUT2D eigenvalue weighted by Crippen LogP contribution is -2.23. The Bertz CT molecular complexity index is 1570. The van der Waals surface area contributed by atoms with Crippen LogP contribution in [0.2, 0.25) is 5.02 Å². The summed E-state index contributed by atoms with van der Waals surface area (Å²) in [6, 6.07) is 14.1. The molecule has 7 nitrogen and oxygen atoms in total. The largest absolute Gasteiger partial charge is 0.481 e. The zero-order chi connectivity index (χ0) is 27.4. The molecule has 38 heavy (non-hydrogen) atoms. The Morgan fingerprint density at radius 2 is 1.95 bits per heavy atom. The molecule has 4 rings (SSSR count). The number of nitrogens with one attached hydrogen (secondary N) is 1. The molecule has 0 aliphatic rings. The van der Waals surface area contributed by atoms with Gasteiger partial charge < -0.3 is 10.1 Å². The first-order valence-corrected chi connectivity index (χ1v) is 13.6. The molecule has 4 aromatic rings. The van der Waals surface area contributed by atoms with E-state index in [2.05, 4.69) is 42.3 Å². The standard InChI is InChI=1S/C27H22Br2ClFN4O3/c1-3-15(2)26-34-23-9-4-17(28)12-20(23)27(37)35(26)32-13-16-10-21(29)25(22(30)11-16)38-14-24(36)33-19-7-5-18(31)6-8-19/h4-13,15H,3,14H2,1-2H3,(H,33,36)/t15-/m1/s1. The van der Waals surface area contributed by atoms with Crippen LogP contribution in [-0.2, 0) is 4.79 Å². The number of benzene rings is 3. The zero-order valence-electron chi connectivity index (χ0n) is 20.3. The molecule has 0 aliphatic heterocycles. The van der Waals surface area contributed by atoms with Crippen molar-refractivity contribution >= 4 is 72.2 Å². The third-order valence-electron chi connectivity index (χ3n) is 5.70. The predicted octanol–water partition coefficient (Wildman–Crippen LogP) is 7.13. The van der Waals surface area contributed by atoms with Crippen molar-refractivity contribution in [2.24, 2.45) is 5.10 Å². The molecule has 1 amide bonds. The minimum absolute atomic E-state index is 0.0000489. The second kappa shape index (κ2) is 12.2. The van der Waals surface area contributed by atoms with E-state index in [0.29, 0.717) is 32.5 Å². The van der Waals surface area contributed by atoms with Crippen LogP contribution in [0, 0.1) is 5.82 Å². The Morgan fingerprint density at radius 1 is 1.21 bits per heavy atom. The van der Waals surface area contributed by atoms with Crippen LogP contribution < -0.4 is 15.6 Å². The van der Waals surface area contributed by atoms with Crippen molar-refractivity contribution < 1.29 is 13.9 Å². The molecule has 1 heterocycles. The average molecular weight is 665 g/mol. The summed E-state index contributed by atoms with van der Waals surface area (Å²) in [4.78, 5) is 30.2. The number of carbonyl (C=O) groups excluding carboxylic acids is 1. The van der Waals surface area contributed by atoms with Crippen molar-refractivity contribution in [1.82, 2.24) is 9.66 Å². The molecule has 1 aromatic heterocycles. The van der Waals surface area contributed by atoms with Crippen LogP contribution >= 0.6 is 43.5 Å². The van der Waals surface area contributed by atoms with E-state index >= 15 is 0 Å². The van der Waals surface area contributed by atoms with Crippen LogP contribution in [-0.4, -0.2) is 28.4 Å². The molecule has 0 spiro atoms. The van der Waals surface area contributed by atoms with Crippen LogP contribution in [0.5, 0.6) is 5.75 Å². The van der Waals surface area contributed by atoms with Gasteiger partial charge in [-0.15, -0.1) is 0 Å². The number of hydrogen-bond acceptors (Lipinski definition) is 5. The molecule has 0 radical (unpaired) electrons. The molecule has 1 N–H and O–H groups in total. The molecule has 0 saturated heterocycles. The highest BCUT2D eigenvalue weighted by Crippen LogP contribution is 2.34. The van der Waals surface area contributed by atoms with Crippen LogP contribution in [0.15, 0.2) is 73.4 Å². The molecule has 0 bridgehead atoms. The molecule has 1 atom stereocenters. The molecule has 3 aromatic carbocycles. The van der Waals surface area contributed by atoms with Crippen molar-refractivity contribution in [1.29, 1.82) is 0 Å². The molecule has 0 aliphatic carbocycles. The molecular formula is C27H22Br2ClFN4O3. The van der Waals surface area contributed by atoms with E-state index in [1.54, 1.807) is 24.3 Å². The number of halogens is 4. The van der Waals surface area contributed by atoms with Gasteiger partial charge in [-0.25, -0.2) is 9.37 Å². The SMILES string of the molecule is CC[C@@H](C)c1nc2ccc(Br)cc2c(=O)n1N=Cc1cc(Cl)c(OCC(=O)Nc2ccc(F)cc2)c(Br)c1. The van der Waals surface area contributed by atoms with E-state index in [9.17, 15) is 14.0 Å². The summed E-state index contributed by atoms with van der Waals surface area (Å²) in [5.41, 5.74) is 1.37. The summed E-state index contributed by atoms with van der Waals surface area (Å²) < 4.78 is 21.2. The van der Waals surface area contributed by atoms with Crippen LogP contribution in [0.3, 0.4) is 0 Å². The highest BCUT2D eigenvalue weighted by molar-refractivity contribution is 9.10. The smallest absolute Gasteiger partial charge is 0.282 e. The van der Waals surface area contributed by atoms with Crippen molar-refractivity contribution in [3.63, 3.8) is 0 Å². The number of hydrogen-bond donors (Lipinski definition) is 1. The molecule has 0 unspecified atom stereocenters. The van der Waals surface area contributed by atoms with Crippen LogP contribution in [0.1, 0.15) is 37.6 Å². The van der Waals surface area contributed by atoms with Gasteiger partial charge in [0.05, 0.1) is 26.6 Å². The Labute approximate surface area is 239 Å². The minimum Gasteiger partial charge on any atom is -0.481 e. The van der Waals surface area contributed by atoms with E-state index in [4.69, 9.17) is 21.3 Å². The number of rotatable bonds is 8. The highest BCUT2D eigenvalue weighted by atomic mass is 79.9. The van der Waals surface area contributed by atoms with Crippen molar-refractivity contribution in [2.75, 3.05) is 11.9 Å². The van der Waals surface area contributed by atoms with Gasteiger partial charge in [-0.05, 0) is 82.5 Å². The van der Waals surface area contributed by atoms with Gasteiger partial charge in [0.1, 0.15) is 11.6 Å². The number of fused-ring (bicyclic) bond motifs is 1. The maximum Gasteiger partial charge on any atom is 0.282 e. The van der Waals surface area contributed by atoms with Gasteiger partial charge in [0.25, 0.3) is 11.5 Å². The monoisotopic (exact) mass is 662 g/mol. The quantitative estimate of drug-likeness (QED) is 0.203. The summed E-state index contributed by atoms with van der Waals surface area (Å²) in [5, 5.41) is 7.76. The number of nitrogens with zero attached hydrogens (tertiary/aromatic N) is 3. The number of amides is 1. The Hall–Kier alpha value is -3.08. The fourth-order valence-electron chi connectivity index (χ4n) is 3.56. The normalized spacial score (nSPS) is 12.2. The fourth-order valence-corrected chi connectivity index (χ4v) is 4.91. The Balaban J connectivity index is 1.57. The van der Waals surface area contributed by atoms with E-state index in [1.165, 1.54) is 35.2 Å². The van der Waals surface area contributed by atoms with Gasteiger partial charge in [0.2, 0.25) is 0 Å². The summed E-state index contributed by atoms with van der Waals surface area (Å²) in [6.07, 6.45) is 2.29. The van der Waals surface area contributed by atoms with Gasteiger partial charge in [-0.2, -0.15) is 9.78 Å². The number of ether oxygens (including phenoxy) is 1. The van der Waals surface area contributed by atoms with E-state index < -0.39 is 11.7 Å². The third-order valence-corrected chi connectivity index (χ3v) is 7.07. The van der Waals surface area contributed by atoms with Crippen molar-refractivity contribution in [3.8, 4) is 5.75 Å². The molecule has 0 saturated carbocycles. The molecule has 11 heteroatoms. The fraction of sp³-hybridized carbons (Fsp3) is 0.185. The molecule has 196 valence electrons. The summed E-state index contributed by atoms with van der Waals surface area (Å²) >= 11 is 13.3. The third kappa shape index (κ3) is 6.48. The van der Waals surface area contributed by atoms with Gasteiger partial charge in [0, 0.05) is 16.1 Å². The lowest BCUT2D eigenvalue weighted by molar-refractivity contribution is -0.118. The summed E-state index contributed by atoms with van der Waals surface area (Å²) in [5.74, 6) is -0.00390. The second-order valence-corrected chi connectivity index (χ2v) is 10.6. The van der Waals surface area contributed by atoms with E-state index in [0.717, 1.165) is 10.9 Å². The van der Waals surface area contributed by atoms with Gasteiger partial charge >= 0.3 is 0 Å². The summed E-state index contributed by atoms with van der Waals surface area (Å²) in [7, 11) is 0. The lowest BCUT2D eigenvalue weighted by Gasteiger charge is -2.14. The van der Waals surface area contributed by atoms with Crippen LogP contribution in [0.25, 0.3) is 10.9 Å². The predicted molar refractivity (Wildman–Crippen MR) is 155 cm³/mol. The van der Waals surface area contributed by atoms with Crippen molar-refractivity contribution in [2.45, 2.75) is 26.2 Å². The zero-order valence-corrected chi connectivity index (χ0v) is 24.3. The first-order chi connectivity index (χ1) is 18.2. The average Bonchev–Trinajstić information content (AvgIpc) is 2.88. The first-order valence-electron chi connectivity index (χ1n) is 11.6. The maximum atomic E-state index is 13.3. The first kappa shape index (κ1) is 27.9. The van der Waals surface area contributed by atoms with Crippen LogP contribution in [0.4, 0.5) is 10.1 Å². The molecular weight excluding hydrogens is 643 g/mol. The van der Waals surface area contributed by atoms with E-state index in [-0.39, 0.29) is 28.9 Å². The van der Waals surface area contributed by atoms with Crippen molar-refractivity contribution in [3.05, 3.63) is 96.1 Å². The lowest BCUT2D eigenvalue weighted by atomic mass is 10.1. The van der Waals surface area contributed by atoms with E-state index in [1.807, 2.05) is 19.9 Å². The second-order valence-electron chi connectivity index (χ2n) is 8.46. The number of anilines is 1. The topological polar surface area (TPSA) is 85.6 Å². The number of carbonyl (C=O) groups is 1. The van der Waals surface area contributed by atoms with Gasteiger partial charge in [-0.3, -0.25) is 9.59 Å². The maximum absolute atomic E-state index is 13.3. The summed E-state index contributed by atoms with van der Waals surface area (Å²) in [6.45, 7) is 3.70. The molecule has 0 fully saturated rings. The Kier molecular flexibility index (Phi) is 8.96. The van der Waals surface area contributed by atoms with Gasteiger partial charge in [-0.1, -0.05) is 41.4 Å².